The molecule has 0 saturated carbocycles. The Morgan fingerprint density at radius 1 is 0.647 bits per heavy atom. The Bertz CT molecular complexity index is 664. The van der Waals surface area contributed by atoms with Crippen molar-refractivity contribution in [3.8, 4) is 0 Å². The van der Waals surface area contributed by atoms with E-state index in [4.69, 9.17) is 0 Å². The highest BCUT2D eigenvalue weighted by molar-refractivity contribution is 5.57. The average molecular weight is 467 g/mol. The van der Waals surface area contributed by atoms with Gasteiger partial charge in [-0.15, -0.1) is 0 Å². The molecule has 0 saturated heterocycles. The largest absolute Gasteiger partial charge is 0.0785 e. The summed E-state index contributed by atoms with van der Waals surface area (Å²) in [6.07, 6.45) is 27.8. The van der Waals surface area contributed by atoms with E-state index in [2.05, 4.69) is 91.0 Å². The quantitative estimate of drug-likeness (QED) is 0.189. The maximum absolute atomic E-state index is 2.57. The molecular formula is C34H58. The number of benzene rings is 1. The van der Waals surface area contributed by atoms with Gasteiger partial charge in [-0.05, 0) is 48.1 Å². The molecule has 1 aromatic rings. The molecule has 34 heavy (non-hydrogen) atoms. The number of unbranched alkanes of at least 4 members (excludes halogenated alkanes) is 10. The molecular weight excluding hydrogens is 408 g/mol. The highest BCUT2D eigenvalue weighted by Gasteiger charge is 2.23. The molecule has 0 bridgehead atoms. The number of hydrogen-bond acceptors (Lipinski definition) is 0. The van der Waals surface area contributed by atoms with E-state index in [-0.39, 0.29) is 5.41 Å². The van der Waals surface area contributed by atoms with Crippen molar-refractivity contribution in [2.75, 3.05) is 0 Å². The summed E-state index contributed by atoms with van der Waals surface area (Å²) in [5, 5.41) is 0. The molecule has 0 aliphatic rings. The van der Waals surface area contributed by atoms with Crippen LogP contribution in [0.4, 0.5) is 0 Å². The molecule has 0 heteroatoms. The van der Waals surface area contributed by atoms with Crippen LogP contribution in [0.25, 0.3) is 12.2 Å². The van der Waals surface area contributed by atoms with Gasteiger partial charge in [-0.3, -0.25) is 0 Å². The van der Waals surface area contributed by atoms with Gasteiger partial charge in [-0.1, -0.05) is 167 Å². The van der Waals surface area contributed by atoms with Crippen molar-refractivity contribution in [3.63, 3.8) is 0 Å². The molecule has 0 radical (unpaired) electrons. The Kier molecular flexibility index (Phi) is 15.5. The minimum absolute atomic E-state index is 0.228. The Labute approximate surface area is 214 Å². The molecule has 194 valence electrons. The second-order valence-electron chi connectivity index (χ2n) is 12.4. The summed E-state index contributed by atoms with van der Waals surface area (Å²) in [6, 6.07) is 9.08. The zero-order chi connectivity index (χ0) is 25.3. The molecule has 0 atom stereocenters. The van der Waals surface area contributed by atoms with E-state index >= 15 is 0 Å². The standard InChI is InChI=1S/C34H58/c1-8-10-12-14-16-18-25-34(7,26-19-17-15-13-11-9-2)29-30(3)28-32-22-20-31(21-23-32)24-27-33(4,5)6/h20-24,27-28H,8-19,25-26,29H2,1-7H3/b27-24+,30-28-. The maximum atomic E-state index is 2.57. The van der Waals surface area contributed by atoms with E-state index < -0.39 is 0 Å². The van der Waals surface area contributed by atoms with Crippen molar-refractivity contribution in [3.05, 3.63) is 47.0 Å². The Morgan fingerprint density at radius 2 is 1.09 bits per heavy atom. The van der Waals surface area contributed by atoms with Crippen LogP contribution < -0.4 is 0 Å². The van der Waals surface area contributed by atoms with Gasteiger partial charge in [0.05, 0.1) is 0 Å². The summed E-state index contributed by atoms with van der Waals surface area (Å²) >= 11 is 0. The fraction of sp³-hybridized carbons (Fsp3) is 0.706. The first-order valence-corrected chi connectivity index (χ1v) is 14.6. The first-order valence-electron chi connectivity index (χ1n) is 14.6. The monoisotopic (exact) mass is 466 g/mol. The smallest absolute Gasteiger partial charge is 0.0200 e. The van der Waals surface area contributed by atoms with E-state index in [1.165, 1.54) is 113 Å². The molecule has 0 aliphatic heterocycles. The Morgan fingerprint density at radius 3 is 1.56 bits per heavy atom. The van der Waals surface area contributed by atoms with Gasteiger partial charge in [0.25, 0.3) is 0 Å². The molecule has 1 aromatic carbocycles. The van der Waals surface area contributed by atoms with Crippen LogP contribution in [-0.2, 0) is 0 Å². The van der Waals surface area contributed by atoms with Gasteiger partial charge >= 0.3 is 0 Å². The van der Waals surface area contributed by atoms with Crippen molar-refractivity contribution in [1.82, 2.24) is 0 Å². The second kappa shape index (κ2) is 17.2. The average Bonchev–Trinajstić information content (AvgIpc) is 2.77. The third kappa shape index (κ3) is 15.6. The summed E-state index contributed by atoms with van der Waals surface area (Å²) in [7, 11) is 0. The molecule has 0 aromatic heterocycles. The number of hydrogen-bond donors (Lipinski definition) is 0. The van der Waals surface area contributed by atoms with Crippen molar-refractivity contribution in [2.45, 2.75) is 145 Å². The lowest BCUT2D eigenvalue weighted by molar-refractivity contribution is 0.248. The predicted octanol–water partition coefficient (Wildman–Crippen LogP) is 12.0. The van der Waals surface area contributed by atoms with Gasteiger partial charge < -0.3 is 0 Å². The van der Waals surface area contributed by atoms with Gasteiger partial charge in [-0.2, -0.15) is 0 Å². The minimum atomic E-state index is 0.228. The van der Waals surface area contributed by atoms with E-state index in [0.29, 0.717) is 5.41 Å². The summed E-state index contributed by atoms with van der Waals surface area (Å²) in [6.45, 7) is 16.3. The summed E-state index contributed by atoms with van der Waals surface area (Å²) in [5.74, 6) is 0. The minimum Gasteiger partial charge on any atom is -0.0785 e. The highest BCUT2D eigenvalue weighted by atomic mass is 14.3. The molecule has 0 unspecified atom stereocenters. The lowest BCUT2D eigenvalue weighted by atomic mass is 9.75. The van der Waals surface area contributed by atoms with Crippen LogP contribution in [0.3, 0.4) is 0 Å². The Hall–Kier alpha value is -1.30. The fourth-order valence-electron chi connectivity index (χ4n) is 5.02. The zero-order valence-corrected chi connectivity index (χ0v) is 24.1. The van der Waals surface area contributed by atoms with Crippen molar-refractivity contribution < 1.29 is 0 Å². The summed E-state index contributed by atoms with van der Waals surface area (Å²) < 4.78 is 0. The van der Waals surface area contributed by atoms with Crippen LogP contribution >= 0.6 is 0 Å². The molecule has 0 fully saturated rings. The number of rotatable bonds is 18. The third-order valence-corrected chi connectivity index (χ3v) is 7.10. The molecule has 0 N–H and O–H groups in total. The highest BCUT2D eigenvalue weighted by Crippen LogP contribution is 2.38. The zero-order valence-electron chi connectivity index (χ0n) is 24.1. The van der Waals surface area contributed by atoms with Crippen LogP contribution in [0.2, 0.25) is 0 Å². The molecule has 1 rings (SSSR count). The molecule has 0 amide bonds. The second-order valence-corrected chi connectivity index (χ2v) is 12.4. The SMILES string of the molecule is CCCCCCCCC(C)(CCCCCCCC)C/C(C)=C\c1ccc(/C=C/C(C)(C)C)cc1. The van der Waals surface area contributed by atoms with Crippen LogP contribution in [-0.4, -0.2) is 0 Å². The van der Waals surface area contributed by atoms with Gasteiger partial charge in [0.1, 0.15) is 0 Å². The lowest BCUT2D eigenvalue weighted by Crippen LogP contribution is -2.17. The van der Waals surface area contributed by atoms with Gasteiger partial charge in [-0.25, -0.2) is 0 Å². The van der Waals surface area contributed by atoms with Crippen molar-refractivity contribution in [1.29, 1.82) is 0 Å². The van der Waals surface area contributed by atoms with E-state index in [1.54, 1.807) is 0 Å². The van der Waals surface area contributed by atoms with E-state index in [1.807, 2.05) is 0 Å². The topological polar surface area (TPSA) is 0 Å². The molecule has 0 aliphatic carbocycles. The fourth-order valence-corrected chi connectivity index (χ4v) is 5.02. The molecule has 0 spiro atoms. The molecule has 0 nitrogen and oxygen atoms in total. The van der Waals surface area contributed by atoms with Crippen LogP contribution in [0.15, 0.2) is 35.9 Å². The van der Waals surface area contributed by atoms with E-state index in [0.717, 1.165) is 0 Å². The lowest BCUT2D eigenvalue weighted by Gasteiger charge is -2.31. The third-order valence-electron chi connectivity index (χ3n) is 7.10. The first kappa shape index (κ1) is 30.7. The van der Waals surface area contributed by atoms with Crippen LogP contribution in [0.1, 0.15) is 156 Å². The summed E-state index contributed by atoms with van der Waals surface area (Å²) in [5.41, 5.74) is 4.85. The number of allylic oxidation sites excluding steroid dienone is 2. The van der Waals surface area contributed by atoms with Crippen molar-refractivity contribution in [2.24, 2.45) is 10.8 Å². The van der Waals surface area contributed by atoms with E-state index in [9.17, 15) is 0 Å². The Balaban J connectivity index is 2.70. The van der Waals surface area contributed by atoms with Gasteiger partial charge in [0, 0.05) is 0 Å². The maximum Gasteiger partial charge on any atom is -0.0200 e. The normalized spacial score (nSPS) is 13.2. The molecule has 0 heterocycles. The first-order chi connectivity index (χ1) is 16.2. The van der Waals surface area contributed by atoms with Crippen molar-refractivity contribution >= 4 is 12.2 Å². The van der Waals surface area contributed by atoms with Crippen LogP contribution in [0, 0.1) is 10.8 Å². The van der Waals surface area contributed by atoms with Gasteiger partial charge in [0.2, 0.25) is 0 Å². The van der Waals surface area contributed by atoms with Gasteiger partial charge in [0.15, 0.2) is 0 Å². The summed E-state index contributed by atoms with van der Waals surface area (Å²) in [4.78, 5) is 0. The van der Waals surface area contributed by atoms with Crippen LogP contribution in [0.5, 0.6) is 0 Å². The predicted molar refractivity (Wildman–Crippen MR) is 157 cm³/mol.